The predicted octanol–water partition coefficient (Wildman–Crippen LogP) is 1.64. The quantitative estimate of drug-likeness (QED) is 0.445. The Balaban J connectivity index is 1.62. The van der Waals surface area contributed by atoms with Crippen LogP contribution in [0.3, 0.4) is 0 Å². The van der Waals surface area contributed by atoms with E-state index in [4.69, 9.17) is 17.3 Å². The average molecular weight is 430 g/mol. The highest BCUT2D eigenvalue weighted by molar-refractivity contribution is 6.30. The van der Waals surface area contributed by atoms with Gasteiger partial charge in [0.1, 0.15) is 5.69 Å². The minimum atomic E-state index is -0.495. The van der Waals surface area contributed by atoms with E-state index in [0.717, 1.165) is 31.5 Å². The molecule has 1 saturated heterocycles. The highest BCUT2D eigenvalue weighted by Gasteiger charge is 2.27. The van der Waals surface area contributed by atoms with Gasteiger partial charge in [0, 0.05) is 11.6 Å². The number of aromatic nitrogens is 5. The number of benzene rings is 1. The molecule has 4 rings (SSSR count). The van der Waals surface area contributed by atoms with Gasteiger partial charge in [-0.15, -0.1) is 5.10 Å². The van der Waals surface area contributed by atoms with Crippen LogP contribution < -0.4 is 11.2 Å². The molecular formula is C18H20ClN9O2. The molecule has 3 aromatic rings. The first-order valence-electron chi connectivity index (χ1n) is 9.39. The van der Waals surface area contributed by atoms with Crippen molar-refractivity contribution in [3.8, 4) is 5.82 Å². The molecule has 0 atom stereocenters. The number of nitrogens with two attached hydrogens (primary N) is 1. The van der Waals surface area contributed by atoms with Gasteiger partial charge < -0.3 is 5.73 Å². The summed E-state index contributed by atoms with van der Waals surface area (Å²) in [5, 5.41) is 20.3. The molecule has 1 aliphatic heterocycles. The number of anilines is 1. The fourth-order valence-corrected chi connectivity index (χ4v) is 3.35. The largest absolute Gasteiger partial charge is 0.378 e. The molecule has 0 radical (unpaired) electrons. The maximum absolute atomic E-state index is 13.0. The van der Waals surface area contributed by atoms with Gasteiger partial charge in [0.15, 0.2) is 5.69 Å². The molecule has 3 N–H and O–H groups in total. The Hall–Kier alpha value is -3.31. The van der Waals surface area contributed by atoms with Crippen molar-refractivity contribution in [3.63, 3.8) is 0 Å². The van der Waals surface area contributed by atoms with Crippen LogP contribution in [0, 0.1) is 0 Å². The number of nitrogens with one attached hydrogen (secondary N) is 1. The van der Waals surface area contributed by atoms with Gasteiger partial charge in [-0.25, -0.2) is 10.1 Å². The molecule has 0 saturated carbocycles. The summed E-state index contributed by atoms with van der Waals surface area (Å²) < 4.78 is 5.87. The molecule has 0 unspecified atom stereocenters. The monoisotopic (exact) mass is 429 g/mol. The van der Waals surface area contributed by atoms with E-state index in [1.807, 2.05) is 12.1 Å². The standard InChI is InChI=1S/C18H20ClN9O2/c1-11(12-4-6-13(19)7-5-12)21-23-18(29)15-14(10-27-8-2-3-9-27)22-26-28(15)17-16(20)24-30-25-17/h4-7H,2-3,8-10H2,1H3,(H2,20,24)(H,23,29)/b21-11+. The van der Waals surface area contributed by atoms with Crippen molar-refractivity contribution in [3.05, 3.63) is 46.2 Å². The van der Waals surface area contributed by atoms with Crippen molar-refractivity contribution in [1.82, 2.24) is 35.6 Å². The Bertz CT molecular complexity index is 1070. The summed E-state index contributed by atoms with van der Waals surface area (Å²) in [5.74, 6) is -0.397. The first kappa shape index (κ1) is 20.0. The fraction of sp³-hybridized carbons (Fsp3) is 0.333. The number of nitrogen functional groups attached to an aromatic ring is 1. The second-order valence-electron chi connectivity index (χ2n) is 6.90. The van der Waals surface area contributed by atoms with Crippen molar-refractivity contribution in [1.29, 1.82) is 0 Å². The lowest BCUT2D eigenvalue weighted by Gasteiger charge is -2.13. The van der Waals surface area contributed by atoms with Crippen LogP contribution in [0.5, 0.6) is 0 Å². The zero-order chi connectivity index (χ0) is 21.1. The van der Waals surface area contributed by atoms with E-state index >= 15 is 0 Å². The number of hydrazone groups is 1. The molecule has 1 amide bonds. The molecule has 1 aromatic carbocycles. The third kappa shape index (κ3) is 4.16. The van der Waals surface area contributed by atoms with E-state index < -0.39 is 5.91 Å². The summed E-state index contributed by atoms with van der Waals surface area (Å²) in [5.41, 5.74) is 10.5. The Kier molecular flexibility index (Phi) is 5.72. The molecule has 2 aromatic heterocycles. The van der Waals surface area contributed by atoms with Crippen LogP contribution in [0.15, 0.2) is 34.0 Å². The van der Waals surface area contributed by atoms with Crippen LogP contribution in [0.25, 0.3) is 5.82 Å². The van der Waals surface area contributed by atoms with Crippen molar-refractivity contribution in [2.45, 2.75) is 26.3 Å². The van der Waals surface area contributed by atoms with Gasteiger partial charge in [-0.3, -0.25) is 9.69 Å². The Morgan fingerprint density at radius 3 is 2.67 bits per heavy atom. The van der Waals surface area contributed by atoms with Crippen molar-refractivity contribution in [2.24, 2.45) is 5.10 Å². The van der Waals surface area contributed by atoms with E-state index in [9.17, 15) is 4.79 Å². The molecule has 1 fully saturated rings. The maximum Gasteiger partial charge on any atom is 0.292 e. The van der Waals surface area contributed by atoms with Crippen molar-refractivity contribution >= 4 is 29.0 Å². The molecule has 3 heterocycles. The van der Waals surface area contributed by atoms with E-state index in [2.05, 4.69) is 40.7 Å². The molecule has 0 spiro atoms. The maximum atomic E-state index is 13.0. The number of amides is 1. The SMILES string of the molecule is C/C(=N\NC(=O)c1c(CN2CCCC2)nnn1-c1nonc1N)c1ccc(Cl)cc1. The van der Waals surface area contributed by atoms with E-state index in [1.54, 1.807) is 19.1 Å². The second kappa shape index (κ2) is 8.59. The van der Waals surface area contributed by atoms with Gasteiger partial charge in [-0.05, 0) is 60.9 Å². The van der Waals surface area contributed by atoms with E-state index in [-0.39, 0.29) is 17.3 Å². The van der Waals surface area contributed by atoms with Gasteiger partial charge in [0.2, 0.25) is 11.6 Å². The zero-order valence-corrected chi connectivity index (χ0v) is 17.0. The first-order valence-corrected chi connectivity index (χ1v) is 9.76. The highest BCUT2D eigenvalue weighted by Crippen LogP contribution is 2.19. The summed E-state index contributed by atoms with van der Waals surface area (Å²) in [7, 11) is 0. The Morgan fingerprint density at radius 1 is 1.27 bits per heavy atom. The summed E-state index contributed by atoms with van der Waals surface area (Å²) in [6, 6.07) is 7.15. The van der Waals surface area contributed by atoms with Gasteiger partial charge in [-0.1, -0.05) is 28.9 Å². The summed E-state index contributed by atoms with van der Waals surface area (Å²) in [4.78, 5) is 15.2. The van der Waals surface area contributed by atoms with Crippen molar-refractivity contribution < 1.29 is 9.42 Å². The predicted molar refractivity (Wildman–Crippen MR) is 109 cm³/mol. The lowest BCUT2D eigenvalue weighted by Crippen LogP contribution is -2.26. The molecule has 156 valence electrons. The van der Waals surface area contributed by atoms with Crippen LogP contribution in [-0.2, 0) is 6.54 Å². The molecule has 0 bridgehead atoms. The number of carbonyl (C=O) groups excluding carboxylic acids is 1. The number of likely N-dealkylation sites (tertiary alicyclic amines) is 1. The van der Waals surface area contributed by atoms with Gasteiger partial charge in [0.05, 0.1) is 5.71 Å². The zero-order valence-electron chi connectivity index (χ0n) is 16.2. The number of nitrogens with zero attached hydrogens (tertiary/aromatic N) is 7. The fourth-order valence-electron chi connectivity index (χ4n) is 3.23. The van der Waals surface area contributed by atoms with Crippen LogP contribution in [0.2, 0.25) is 5.02 Å². The van der Waals surface area contributed by atoms with E-state index in [1.165, 1.54) is 4.68 Å². The molecule has 11 nitrogen and oxygen atoms in total. The minimum Gasteiger partial charge on any atom is -0.378 e. The van der Waals surface area contributed by atoms with Crippen LogP contribution in [0.1, 0.15) is 41.5 Å². The number of hydrogen-bond acceptors (Lipinski definition) is 9. The normalized spacial score (nSPS) is 14.9. The van der Waals surface area contributed by atoms with Crippen LogP contribution in [-0.4, -0.2) is 54.9 Å². The second-order valence-corrected chi connectivity index (χ2v) is 7.33. The topological polar surface area (TPSA) is 140 Å². The number of halogens is 1. The number of rotatable bonds is 6. The van der Waals surface area contributed by atoms with E-state index in [0.29, 0.717) is 23.0 Å². The third-order valence-electron chi connectivity index (χ3n) is 4.81. The van der Waals surface area contributed by atoms with Gasteiger partial charge in [-0.2, -0.15) is 9.78 Å². The third-order valence-corrected chi connectivity index (χ3v) is 5.06. The van der Waals surface area contributed by atoms with Crippen LogP contribution in [0.4, 0.5) is 5.82 Å². The number of carbonyl (C=O) groups is 1. The molecule has 0 aliphatic carbocycles. The Morgan fingerprint density at radius 2 is 2.00 bits per heavy atom. The minimum absolute atomic E-state index is 0.00233. The summed E-state index contributed by atoms with van der Waals surface area (Å²) in [6.07, 6.45) is 2.22. The molecule has 1 aliphatic rings. The smallest absolute Gasteiger partial charge is 0.292 e. The Labute approximate surface area is 176 Å². The molecular weight excluding hydrogens is 410 g/mol. The highest BCUT2D eigenvalue weighted by atomic mass is 35.5. The summed E-state index contributed by atoms with van der Waals surface area (Å²) in [6.45, 7) is 4.14. The van der Waals surface area contributed by atoms with Crippen LogP contribution >= 0.6 is 11.6 Å². The van der Waals surface area contributed by atoms with Gasteiger partial charge in [0.25, 0.3) is 5.91 Å². The lowest BCUT2D eigenvalue weighted by molar-refractivity contribution is 0.0945. The lowest BCUT2D eigenvalue weighted by atomic mass is 10.1. The van der Waals surface area contributed by atoms with Gasteiger partial charge >= 0.3 is 0 Å². The summed E-state index contributed by atoms with van der Waals surface area (Å²) >= 11 is 5.92. The molecule has 12 heteroatoms. The first-order chi connectivity index (χ1) is 14.5. The number of hydrogen-bond donors (Lipinski definition) is 2. The van der Waals surface area contributed by atoms with Crippen molar-refractivity contribution in [2.75, 3.05) is 18.8 Å². The molecule has 30 heavy (non-hydrogen) atoms. The average Bonchev–Trinajstić information content (AvgIpc) is 3.48.